The number of ether oxygens (including phenoxy) is 2. The summed E-state index contributed by atoms with van der Waals surface area (Å²) >= 11 is 6.03. The van der Waals surface area contributed by atoms with E-state index >= 15 is 0 Å². The van der Waals surface area contributed by atoms with Crippen molar-refractivity contribution in [1.82, 2.24) is 5.32 Å². The van der Waals surface area contributed by atoms with E-state index in [1.54, 1.807) is 26.2 Å². The van der Waals surface area contributed by atoms with Crippen LogP contribution in [0.25, 0.3) is 0 Å². The first-order valence-corrected chi connectivity index (χ1v) is 7.74. The number of benzene rings is 2. The molecule has 0 aliphatic carbocycles. The third-order valence-corrected chi connectivity index (χ3v) is 3.80. The summed E-state index contributed by atoms with van der Waals surface area (Å²) in [7, 11) is 1.62. The molecule has 0 spiro atoms. The molecule has 2 aromatic rings. The molecule has 0 aliphatic rings. The number of rotatable bonds is 6. The molecule has 0 fully saturated rings. The van der Waals surface area contributed by atoms with Crippen molar-refractivity contribution in [2.24, 2.45) is 0 Å². The van der Waals surface area contributed by atoms with E-state index in [0.29, 0.717) is 10.8 Å². The minimum absolute atomic E-state index is 0.134. The van der Waals surface area contributed by atoms with Crippen molar-refractivity contribution in [3.05, 3.63) is 59.1 Å². The summed E-state index contributed by atoms with van der Waals surface area (Å²) in [6, 6.07) is 14.5. The van der Waals surface area contributed by atoms with Crippen LogP contribution in [0.5, 0.6) is 11.5 Å². The van der Waals surface area contributed by atoms with Gasteiger partial charge in [0, 0.05) is 0 Å². The van der Waals surface area contributed by atoms with Gasteiger partial charge in [-0.25, -0.2) is 0 Å². The second kappa shape index (κ2) is 7.88. The minimum Gasteiger partial charge on any atom is -0.497 e. The third-order valence-electron chi connectivity index (χ3n) is 3.48. The molecule has 0 aromatic heterocycles. The van der Waals surface area contributed by atoms with Crippen LogP contribution in [0.2, 0.25) is 5.02 Å². The van der Waals surface area contributed by atoms with E-state index in [-0.39, 0.29) is 11.9 Å². The Morgan fingerprint density at radius 2 is 1.74 bits per heavy atom. The van der Waals surface area contributed by atoms with Crippen molar-refractivity contribution in [1.29, 1.82) is 0 Å². The van der Waals surface area contributed by atoms with Gasteiger partial charge in [-0.15, -0.1) is 0 Å². The van der Waals surface area contributed by atoms with Gasteiger partial charge in [-0.1, -0.05) is 35.9 Å². The minimum atomic E-state index is -0.643. The highest BCUT2D eigenvalue weighted by Gasteiger charge is 2.18. The molecule has 0 aliphatic heterocycles. The van der Waals surface area contributed by atoms with Gasteiger partial charge in [-0.2, -0.15) is 0 Å². The number of hydrogen-bond donors (Lipinski definition) is 1. The number of para-hydroxylation sites is 1. The van der Waals surface area contributed by atoms with Crippen LogP contribution in [-0.4, -0.2) is 19.1 Å². The van der Waals surface area contributed by atoms with Crippen LogP contribution >= 0.6 is 11.6 Å². The summed E-state index contributed by atoms with van der Waals surface area (Å²) in [4.78, 5) is 12.3. The van der Waals surface area contributed by atoms with E-state index < -0.39 is 6.10 Å². The Labute approximate surface area is 141 Å². The second-order valence-electron chi connectivity index (χ2n) is 5.19. The van der Waals surface area contributed by atoms with Crippen LogP contribution < -0.4 is 14.8 Å². The molecule has 4 nitrogen and oxygen atoms in total. The van der Waals surface area contributed by atoms with Crippen LogP contribution in [0.4, 0.5) is 0 Å². The van der Waals surface area contributed by atoms with Crippen LogP contribution in [0.3, 0.4) is 0 Å². The first-order chi connectivity index (χ1) is 11.0. The summed E-state index contributed by atoms with van der Waals surface area (Å²) in [5.41, 5.74) is 0.990. The molecule has 2 atom stereocenters. The maximum Gasteiger partial charge on any atom is 0.261 e. The van der Waals surface area contributed by atoms with Gasteiger partial charge in [0.15, 0.2) is 6.10 Å². The first kappa shape index (κ1) is 17.2. The zero-order chi connectivity index (χ0) is 16.8. The molecule has 0 bridgehead atoms. The van der Waals surface area contributed by atoms with Crippen LogP contribution in [0.1, 0.15) is 25.5 Å². The lowest BCUT2D eigenvalue weighted by Crippen LogP contribution is -2.37. The van der Waals surface area contributed by atoms with Crippen molar-refractivity contribution in [2.45, 2.75) is 26.0 Å². The second-order valence-corrected chi connectivity index (χ2v) is 5.60. The molecule has 2 rings (SSSR count). The largest absolute Gasteiger partial charge is 0.497 e. The monoisotopic (exact) mass is 333 g/mol. The number of halogens is 1. The topological polar surface area (TPSA) is 47.6 Å². The summed E-state index contributed by atoms with van der Waals surface area (Å²) < 4.78 is 10.7. The predicted octanol–water partition coefficient (Wildman–Crippen LogP) is 3.99. The number of hydrogen-bond acceptors (Lipinski definition) is 3. The molecule has 2 aromatic carbocycles. The normalized spacial score (nSPS) is 13.0. The van der Waals surface area contributed by atoms with Crippen molar-refractivity contribution in [2.75, 3.05) is 7.11 Å². The van der Waals surface area contributed by atoms with Crippen molar-refractivity contribution >= 4 is 17.5 Å². The molecule has 0 unspecified atom stereocenters. The number of carbonyl (C=O) groups excluding carboxylic acids is 1. The van der Waals surface area contributed by atoms with Gasteiger partial charge in [0.1, 0.15) is 11.5 Å². The lowest BCUT2D eigenvalue weighted by Gasteiger charge is -2.19. The van der Waals surface area contributed by atoms with E-state index in [9.17, 15) is 4.79 Å². The zero-order valence-corrected chi connectivity index (χ0v) is 14.1. The fourth-order valence-corrected chi connectivity index (χ4v) is 2.27. The first-order valence-electron chi connectivity index (χ1n) is 7.36. The average Bonchev–Trinajstić information content (AvgIpc) is 2.56. The fourth-order valence-electron chi connectivity index (χ4n) is 2.09. The Bertz CT molecular complexity index is 658. The Morgan fingerprint density at radius 1 is 1.09 bits per heavy atom. The Morgan fingerprint density at radius 3 is 2.35 bits per heavy atom. The van der Waals surface area contributed by atoms with Gasteiger partial charge in [0.05, 0.1) is 18.2 Å². The number of methoxy groups -OCH3 is 1. The Kier molecular flexibility index (Phi) is 5.88. The highest BCUT2D eigenvalue weighted by Crippen LogP contribution is 2.24. The van der Waals surface area contributed by atoms with Gasteiger partial charge in [0.2, 0.25) is 0 Å². The van der Waals surface area contributed by atoms with Gasteiger partial charge in [0.25, 0.3) is 5.91 Å². The molecule has 0 saturated carbocycles. The molecule has 1 amide bonds. The smallest absolute Gasteiger partial charge is 0.261 e. The van der Waals surface area contributed by atoms with Crippen LogP contribution in [-0.2, 0) is 4.79 Å². The molecule has 0 heterocycles. The van der Waals surface area contributed by atoms with Crippen LogP contribution in [0.15, 0.2) is 48.5 Å². The SMILES string of the molecule is COc1ccc([C@@H](C)NC(=O)[C@@H](C)Oc2ccccc2Cl)cc1. The number of amides is 1. The van der Waals surface area contributed by atoms with Gasteiger partial charge >= 0.3 is 0 Å². The average molecular weight is 334 g/mol. The van der Waals surface area contributed by atoms with Gasteiger partial charge < -0.3 is 14.8 Å². The Balaban J connectivity index is 1.95. The van der Waals surface area contributed by atoms with E-state index in [2.05, 4.69) is 5.32 Å². The quantitative estimate of drug-likeness (QED) is 0.869. The van der Waals surface area contributed by atoms with E-state index in [0.717, 1.165) is 11.3 Å². The molecular weight excluding hydrogens is 314 g/mol. The zero-order valence-electron chi connectivity index (χ0n) is 13.4. The third kappa shape index (κ3) is 4.63. The van der Waals surface area contributed by atoms with Crippen molar-refractivity contribution in [3.63, 3.8) is 0 Å². The molecule has 5 heteroatoms. The predicted molar refractivity (Wildman–Crippen MR) is 91.1 cm³/mol. The molecule has 1 N–H and O–H groups in total. The fraction of sp³-hybridized carbons (Fsp3) is 0.278. The summed E-state index contributed by atoms with van der Waals surface area (Å²) in [6.07, 6.45) is -0.643. The van der Waals surface area contributed by atoms with E-state index in [1.165, 1.54) is 0 Å². The highest BCUT2D eigenvalue weighted by molar-refractivity contribution is 6.32. The van der Waals surface area contributed by atoms with Gasteiger partial charge in [-0.3, -0.25) is 4.79 Å². The van der Waals surface area contributed by atoms with Crippen molar-refractivity contribution < 1.29 is 14.3 Å². The maximum atomic E-state index is 12.3. The standard InChI is InChI=1S/C18H20ClNO3/c1-12(14-8-10-15(22-3)11-9-14)20-18(21)13(2)23-17-7-5-4-6-16(17)19/h4-13H,1-3H3,(H,20,21)/t12-,13-/m1/s1. The number of nitrogens with one attached hydrogen (secondary N) is 1. The molecule has 0 radical (unpaired) electrons. The van der Waals surface area contributed by atoms with E-state index in [4.69, 9.17) is 21.1 Å². The summed E-state index contributed by atoms with van der Waals surface area (Å²) in [6.45, 7) is 3.61. The lowest BCUT2D eigenvalue weighted by atomic mass is 10.1. The molecule has 23 heavy (non-hydrogen) atoms. The van der Waals surface area contributed by atoms with Gasteiger partial charge in [-0.05, 0) is 43.7 Å². The molecule has 0 saturated heterocycles. The molecular formula is C18H20ClNO3. The Hall–Kier alpha value is -2.20. The number of carbonyl (C=O) groups is 1. The van der Waals surface area contributed by atoms with Crippen molar-refractivity contribution in [3.8, 4) is 11.5 Å². The van der Waals surface area contributed by atoms with Crippen LogP contribution in [0, 0.1) is 0 Å². The highest BCUT2D eigenvalue weighted by atomic mass is 35.5. The lowest BCUT2D eigenvalue weighted by molar-refractivity contribution is -0.127. The summed E-state index contributed by atoms with van der Waals surface area (Å²) in [5, 5.41) is 3.41. The maximum absolute atomic E-state index is 12.3. The summed E-state index contributed by atoms with van der Waals surface area (Å²) in [5.74, 6) is 1.07. The van der Waals surface area contributed by atoms with E-state index in [1.807, 2.05) is 43.3 Å². The molecule has 122 valence electrons.